The van der Waals surface area contributed by atoms with Gasteiger partial charge >= 0.3 is 0 Å². The van der Waals surface area contributed by atoms with E-state index in [1.807, 2.05) is 13.0 Å². The number of rotatable bonds is 13. The van der Waals surface area contributed by atoms with Crippen molar-refractivity contribution < 1.29 is 8.42 Å². The fraction of sp³-hybridized carbons (Fsp3) is 0.650. The molecule has 1 atom stereocenters. The quantitative estimate of drug-likeness (QED) is 0.155. The molecule has 9 heteroatoms. The maximum Gasteiger partial charge on any atom is 0.211 e. The van der Waals surface area contributed by atoms with E-state index < -0.39 is 10.0 Å². The monoisotopic (exact) mass is 539 g/mol. The summed E-state index contributed by atoms with van der Waals surface area (Å²) >= 11 is 0. The molecule has 0 aliphatic rings. The molecule has 0 heterocycles. The summed E-state index contributed by atoms with van der Waals surface area (Å²) in [6.07, 6.45) is 0.696. The molecule has 0 amide bonds. The second kappa shape index (κ2) is 15.9. The molecule has 168 valence electrons. The van der Waals surface area contributed by atoms with E-state index in [4.69, 9.17) is 4.99 Å². The van der Waals surface area contributed by atoms with Crippen molar-refractivity contribution in [3.05, 3.63) is 35.9 Å². The first kappa shape index (κ1) is 28.1. The highest BCUT2D eigenvalue weighted by Gasteiger charge is 2.17. The molecule has 29 heavy (non-hydrogen) atoms. The van der Waals surface area contributed by atoms with Crippen LogP contribution in [0.1, 0.15) is 45.7 Å². The van der Waals surface area contributed by atoms with Gasteiger partial charge in [0, 0.05) is 19.6 Å². The highest BCUT2D eigenvalue weighted by Crippen LogP contribution is 2.20. The lowest BCUT2D eigenvalue weighted by Gasteiger charge is -2.29. The predicted octanol–water partition coefficient (Wildman–Crippen LogP) is 2.57. The predicted molar refractivity (Wildman–Crippen MR) is 134 cm³/mol. The van der Waals surface area contributed by atoms with E-state index in [0.29, 0.717) is 26.1 Å². The van der Waals surface area contributed by atoms with Gasteiger partial charge in [-0.3, -0.25) is 9.89 Å². The molecule has 1 rings (SSSR count). The van der Waals surface area contributed by atoms with E-state index in [0.717, 1.165) is 25.6 Å². The summed E-state index contributed by atoms with van der Waals surface area (Å²) < 4.78 is 25.5. The number of likely N-dealkylation sites (N-methyl/N-ethyl adjacent to an activating group) is 1. The summed E-state index contributed by atoms with van der Waals surface area (Å²) in [7, 11) is -3.13. The van der Waals surface area contributed by atoms with Crippen molar-refractivity contribution in [3.63, 3.8) is 0 Å². The standard InChI is InChI=1S/C20H37N5O2S.HI/c1-5-21-20(22-15-12-16-24-28(26,27)8-4)23-17-19(25(6-2)7-3)18-13-10-9-11-14-18;/h9-11,13-14,19,24H,5-8,12,15-17H2,1-4H3,(H2,21,22,23);1H. The Morgan fingerprint density at radius 3 is 2.24 bits per heavy atom. The molecule has 0 aliphatic heterocycles. The molecule has 0 bridgehead atoms. The molecular weight excluding hydrogens is 501 g/mol. The zero-order chi connectivity index (χ0) is 20.8. The molecule has 3 N–H and O–H groups in total. The summed E-state index contributed by atoms with van der Waals surface area (Å²) in [5.74, 6) is 0.866. The summed E-state index contributed by atoms with van der Waals surface area (Å²) in [5, 5.41) is 6.56. The minimum atomic E-state index is -3.13. The summed E-state index contributed by atoms with van der Waals surface area (Å²) in [6, 6.07) is 10.7. The van der Waals surface area contributed by atoms with Crippen molar-refractivity contribution in [3.8, 4) is 0 Å². The molecule has 0 radical (unpaired) electrons. The van der Waals surface area contributed by atoms with Crippen LogP contribution >= 0.6 is 24.0 Å². The topological polar surface area (TPSA) is 85.8 Å². The molecule has 0 aliphatic carbocycles. The number of sulfonamides is 1. The van der Waals surface area contributed by atoms with Crippen LogP contribution in [0.5, 0.6) is 0 Å². The molecule has 0 saturated carbocycles. The first-order valence-electron chi connectivity index (χ1n) is 10.3. The number of hydrogen-bond acceptors (Lipinski definition) is 4. The molecule has 1 unspecified atom stereocenters. The largest absolute Gasteiger partial charge is 0.357 e. The third kappa shape index (κ3) is 11.2. The Hall–Kier alpha value is -0.910. The molecule has 0 fully saturated rings. The second-order valence-corrected chi connectivity index (χ2v) is 8.54. The van der Waals surface area contributed by atoms with Crippen LogP contribution in [0.25, 0.3) is 0 Å². The van der Waals surface area contributed by atoms with Gasteiger partial charge in [0.1, 0.15) is 0 Å². The van der Waals surface area contributed by atoms with Crippen LogP contribution in [0, 0.1) is 0 Å². The van der Waals surface area contributed by atoms with Gasteiger partial charge in [0.05, 0.1) is 18.3 Å². The van der Waals surface area contributed by atoms with Crippen molar-refractivity contribution in [1.82, 2.24) is 20.3 Å². The lowest BCUT2D eigenvalue weighted by atomic mass is 10.1. The molecule has 7 nitrogen and oxygen atoms in total. The number of hydrogen-bond donors (Lipinski definition) is 3. The number of guanidine groups is 1. The number of halogens is 1. The number of nitrogens with zero attached hydrogens (tertiary/aromatic N) is 2. The summed E-state index contributed by atoms with van der Waals surface area (Å²) in [5.41, 5.74) is 1.26. The van der Waals surface area contributed by atoms with E-state index in [1.165, 1.54) is 5.56 Å². The van der Waals surface area contributed by atoms with Gasteiger partial charge in [-0.25, -0.2) is 13.1 Å². The maximum atomic E-state index is 11.5. The lowest BCUT2D eigenvalue weighted by Crippen LogP contribution is -2.40. The van der Waals surface area contributed by atoms with Gasteiger partial charge in [-0.05, 0) is 38.9 Å². The lowest BCUT2D eigenvalue weighted by molar-refractivity contribution is 0.224. The zero-order valence-corrected chi connectivity index (χ0v) is 21.3. The van der Waals surface area contributed by atoms with Gasteiger partial charge in [-0.15, -0.1) is 24.0 Å². The molecule has 0 aromatic heterocycles. The van der Waals surface area contributed by atoms with Gasteiger partial charge in [0.15, 0.2) is 5.96 Å². The Bertz CT molecular complexity index is 667. The van der Waals surface area contributed by atoms with Crippen LogP contribution in [0.4, 0.5) is 0 Å². The Kier molecular flexibility index (Phi) is 15.4. The maximum absolute atomic E-state index is 11.5. The number of aliphatic imine (C=N–C) groups is 1. The normalized spacial score (nSPS) is 13.1. The van der Waals surface area contributed by atoms with Gasteiger partial charge in [-0.2, -0.15) is 0 Å². The number of nitrogens with one attached hydrogen (secondary N) is 3. The molecule has 1 aromatic carbocycles. The van der Waals surface area contributed by atoms with Gasteiger partial charge in [0.25, 0.3) is 0 Å². The average Bonchev–Trinajstić information content (AvgIpc) is 2.71. The SMILES string of the molecule is CCNC(=NCC(c1ccccc1)N(CC)CC)NCCCNS(=O)(=O)CC.I. The first-order chi connectivity index (χ1) is 13.5. The third-order valence-corrected chi connectivity index (χ3v) is 5.96. The minimum absolute atomic E-state index is 0. The highest BCUT2D eigenvalue weighted by molar-refractivity contribution is 14.0. The molecule has 0 spiro atoms. The van der Waals surface area contributed by atoms with E-state index in [2.05, 4.69) is 58.4 Å². The van der Waals surface area contributed by atoms with Crippen LogP contribution in [0.3, 0.4) is 0 Å². The molecule has 0 saturated heterocycles. The van der Waals surface area contributed by atoms with Crippen molar-refractivity contribution in [1.29, 1.82) is 0 Å². The van der Waals surface area contributed by atoms with E-state index in [1.54, 1.807) is 6.92 Å². The van der Waals surface area contributed by atoms with Crippen LogP contribution in [-0.2, 0) is 10.0 Å². The summed E-state index contributed by atoms with van der Waals surface area (Å²) in [4.78, 5) is 7.19. The van der Waals surface area contributed by atoms with E-state index in [-0.39, 0.29) is 35.8 Å². The van der Waals surface area contributed by atoms with E-state index >= 15 is 0 Å². The number of benzene rings is 1. The second-order valence-electron chi connectivity index (χ2n) is 6.45. The van der Waals surface area contributed by atoms with Crippen molar-refractivity contribution in [2.45, 2.75) is 40.2 Å². The van der Waals surface area contributed by atoms with Crippen molar-refractivity contribution in [2.24, 2.45) is 4.99 Å². The summed E-state index contributed by atoms with van der Waals surface area (Å²) in [6.45, 7) is 12.4. The Balaban J connectivity index is 0.00000784. The molecular formula is C20H38IN5O2S. The smallest absolute Gasteiger partial charge is 0.211 e. The Labute approximate surface area is 194 Å². The third-order valence-electron chi connectivity index (χ3n) is 4.55. The van der Waals surface area contributed by atoms with Gasteiger partial charge in [-0.1, -0.05) is 44.2 Å². The fourth-order valence-electron chi connectivity index (χ4n) is 2.92. The van der Waals surface area contributed by atoms with Crippen LogP contribution < -0.4 is 15.4 Å². The van der Waals surface area contributed by atoms with Crippen molar-refractivity contribution in [2.75, 3.05) is 45.0 Å². The Morgan fingerprint density at radius 1 is 1.03 bits per heavy atom. The first-order valence-corrected chi connectivity index (χ1v) is 11.9. The average molecular weight is 540 g/mol. The zero-order valence-electron chi connectivity index (χ0n) is 18.1. The highest BCUT2D eigenvalue weighted by atomic mass is 127. The van der Waals surface area contributed by atoms with Crippen LogP contribution in [0.15, 0.2) is 35.3 Å². The van der Waals surface area contributed by atoms with Crippen LogP contribution in [0.2, 0.25) is 0 Å². The fourth-order valence-corrected chi connectivity index (χ4v) is 3.58. The van der Waals surface area contributed by atoms with Gasteiger partial charge in [0.2, 0.25) is 10.0 Å². The van der Waals surface area contributed by atoms with E-state index in [9.17, 15) is 8.42 Å². The molecule has 1 aromatic rings. The van der Waals surface area contributed by atoms with Gasteiger partial charge < -0.3 is 10.6 Å². The van der Waals surface area contributed by atoms with Crippen LogP contribution in [-0.4, -0.2) is 64.3 Å². The minimum Gasteiger partial charge on any atom is -0.357 e. The Morgan fingerprint density at radius 2 is 1.69 bits per heavy atom. The van der Waals surface area contributed by atoms with Crippen molar-refractivity contribution >= 4 is 40.0 Å².